The van der Waals surface area contributed by atoms with E-state index in [1.54, 1.807) is 12.4 Å². The van der Waals surface area contributed by atoms with Crippen molar-refractivity contribution in [1.82, 2.24) is 14.7 Å². The molecule has 0 radical (unpaired) electrons. The molecule has 1 saturated carbocycles. The summed E-state index contributed by atoms with van der Waals surface area (Å²) in [6.07, 6.45) is 5.91. The largest absolute Gasteiger partial charge is 0.495 e. The first-order chi connectivity index (χ1) is 15.4. The van der Waals surface area contributed by atoms with Crippen molar-refractivity contribution in [2.24, 2.45) is 5.73 Å². The Morgan fingerprint density at radius 2 is 2.06 bits per heavy atom. The van der Waals surface area contributed by atoms with E-state index in [1.165, 1.54) is 13.3 Å². The van der Waals surface area contributed by atoms with Gasteiger partial charge in [-0.2, -0.15) is 0 Å². The van der Waals surface area contributed by atoms with E-state index in [2.05, 4.69) is 26.2 Å². The van der Waals surface area contributed by atoms with Crippen LogP contribution in [-0.4, -0.2) is 57.0 Å². The Morgan fingerprint density at radius 3 is 2.72 bits per heavy atom. The number of anilines is 1. The zero-order valence-corrected chi connectivity index (χ0v) is 18.8. The van der Waals surface area contributed by atoms with Crippen molar-refractivity contribution in [2.45, 2.75) is 18.1 Å². The Morgan fingerprint density at radius 1 is 1.31 bits per heavy atom. The summed E-state index contributed by atoms with van der Waals surface area (Å²) in [4.78, 5) is 11.0. The Bertz CT molecular complexity index is 1180. The highest BCUT2D eigenvalue weighted by Crippen LogP contribution is 2.30. The lowest BCUT2D eigenvalue weighted by Crippen LogP contribution is -2.36. The van der Waals surface area contributed by atoms with Crippen LogP contribution in [0, 0.1) is 0 Å². The summed E-state index contributed by atoms with van der Waals surface area (Å²) in [6, 6.07) is 5.74. The summed E-state index contributed by atoms with van der Waals surface area (Å²) in [5.74, 6) is 1.03. The number of methoxy groups -OCH3 is 1. The van der Waals surface area contributed by atoms with Crippen LogP contribution in [0.25, 0.3) is 16.5 Å². The standard InChI is InChI=1S/C22H27N5O4S/c1-15(30-2)21(26-32(28,29)18-4-5-18)12-17(13-23)16-3-6-20-19(11-16)22(25-14-24-20)27-7-9-31-10-8-27/h3,6,11-14,18,26H,1,4-5,7-10,23H2,2H3/b17-13+,21-12+. The number of nitrogens with zero attached hydrogens (tertiary/aromatic N) is 3. The first kappa shape index (κ1) is 22.1. The van der Waals surface area contributed by atoms with E-state index in [1.807, 2.05) is 18.2 Å². The van der Waals surface area contributed by atoms with Crippen molar-refractivity contribution in [3.63, 3.8) is 0 Å². The molecule has 32 heavy (non-hydrogen) atoms. The van der Waals surface area contributed by atoms with Gasteiger partial charge in [0.25, 0.3) is 0 Å². The Balaban J connectivity index is 1.72. The van der Waals surface area contributed by atoms with Gasteiger partial charge < -0.3 is 20.1 Å². The molecule has 10 heteroatoms. The average Bonchev–Trinajstić information content (AvgIpc) is 3.67. The highest BCUT2D eigenvalue weighted by Gasteiger charge is 2.36. The third-order valence-electron chi connectivity index (χ3n) is 5.50. The predicted octanol–water partition coefficient (Wildman–Crippen LogP) is 1.89. The van der Waals surface area contributed by atoms with Crippen molar-refractivity contribution < 1.29 is 17.9 Å². The predicted molar refractivity (Wildman–Crippen MR) is 124 cm³/mol. The summed E-state index contributed by atoms with van der Waals surface area (Å²) in [7, 11) is -2.06. The van der Waals surface area contributed by atoms with E-state index >= 15 is 0 Å². The summed E-state index contributed by atoms with van der Waals surface area (Å²) in [5, 5.41) is 0.500. The van der Waals surface area contributed by atoms with Gasteiger partial charge in [-0.25, -0.2) is 18.4 Å². The minimum Gasteiger partial charge on any atom is -0.495 e. The molecule has 4 rings (SSSR count). The number of fused-ring (bicyclic) bond motifs is 1. The molecular weight excluding hydrogens is 430 g/mol. The minimum absolute atomic E-state index is 0.201. The second kappa shape index (κ2) is 9.17. The van der Waals surface area contributed by atoms with Crippen LogP contribution in [0.15, 0.2) is 54.8 Å². The molecule has 2 aliphatic rings. The maximum Gasteiger partial charge on any atom is 0.235 e. The van der Waals surface area contributed by atoms with E-state index in [-0.39, 0.29) is 16.7 Å². The lowest BCUT2D eigenvalue weighted by Gasteiger charge is -2.28. The van der Waals surface area contributed by atoms with Gasteiger partial charge >= 0.3 is 0 Å². The van der Waals surface area contributed by atoms with E-state index in [0.717, 1.165) is 35.4 Å². The molecule has 2 heterocycles. The molecule has 1 saturated heterocycles. The second-order valence-corrected chi connectivity index (χ2v) is 9.64. The molecule has 0 spiro atoms. The first-order valence-electron chi connectivity index (χ1n) is 10.4. The number of aromatic nitrogens is 2. The van der Waals surface area contributed by atoms with Crippen LogP contribution in [0.2, 0.25) is 0 Å². The third kappa shape index (κ3) is 4.71. The molecule has 0 unspecified atom stereocenters. The Labute approximate surface area is 187 Å². The zero-order chi connectivity index (χ0) is 22.7. The van der Waals surface area contributed by atoms with Crippen LogP contribution in [0.1, 0.15) is 18.4 Å². The number of nitrogens with two attached hydrogens (primary N) is 1. The van der Waals surface area contributed by atoms with Gasteiger partial charge in [-0.1, -0.05) is 12.6 Å². The minimum atomic E-state index is -3.50. The SMILES string of the molecule is C=C(OC)/C(=C\C(=C/N)c1ccc2ncnc(N3CCOCC3)c2c1)NS(=O)(=O)C1CC1. The average molecular weight is 458 g/mol. The van der Waals surface area contributed by atoms with E-state index in [9.17, 15) is 8.42 Å². The van der Waals surface area contributed by atoms with Gasteiger partial charge in [-0.15, -0.1) is 0 Å². The Hall–Kier alpha value is -3.11. The van der Waals surface area contributed by atoms with E-state index in [4.69, 9.17) is 15.2 Å². The van der Waals surface area contributed by atoms with Crippen molar-refractivity contribution in [3.05, 3.63) is 60.4 Å². The fourth-order valence-electron chi connectivity index (χ4n) is 3.52. The monoisotopic (exact) mass is 457 g/mol. The smallest absolute Gasteiger partial charge is 0.235 e. The molecule has 1 aromatic heterocycles. The number of sulfonamides is 1. The maximum atomic E-state index is 12.5. The highest BCUT2D eigenvalue weighted by atomic mass is 32.2. The summed E-state index contributed by atoms with van der Waals surface area (Å²) in [5.41, 5.74) is 8.39. The fourth-order valence-corrected chi connectivity index (χ4v) is 4.93. The van der Waals surface area contributed by atoms with Crippen LogP contribution < -0.4 is 15.4 Å². The van der Waals surface area contributed by atoms with Gasteiger partial charge in [-0.05, 0) is 42.2 Å². The molecule has 170 valence electrons. The molecule has 0 bridgehead atoms. The fraction of sp³-hybridized carbons (Fsp3) is 0.364. The molecular formula is C22H27N5O4S. The molecule has 1 aromatic carbocycles. The second-order valence-electron chi connectivity index (χ2n) is 7.68. The summed E-state index contributed by atoms with van der Waals surface area (Å²) >= 11 is 0. The quantitative estimate of drug-likeness (QED) is 0.456. The molecule has 2 fully saturated rings. The zero-order valence-electron chi connectivity index (χ0n) is 18.0. The normalized spacial score (nSPS) is 18.0. The molecule has 1 aliphatic heterocycles. The maximum absolute atomic E-state index is 12.5. The van der Waals surface area contributed by atoms with Crippen LogP contribution in [0.4, 0.5) is 5.82 Å². The number of rotatable bonds is 8. The van der Waals surface area contributed by atoms with Crippen molar-refractivity contribution in [2.75, 3.05) is 38.3 Å². The number of morpholine rings is 1. The lowest BCUT2D eigenvalue weighted by atomic mass is 10.0. The van der Waals surface area contributed by atoms with Crippen LogP contribution >= 0.6 is 0 Å². The van der Waals surface area contributed by atoms with Crippen LogP contribution in [0.5, 0.6) is 0 Å². The van der Waals surface area contributed by atoms with Crippen molar-refractivity contribution in [3.8, 4) is 0 Å². The number of hydrogen-bond donors (Lipinski definition) is 2. The number of nitrogens with one attached hydrogen (secondary N) is 1. The highest BCUT2D eigenvalue weighted by molar-refractivity contribution is 7.90. The van der Waals surface area contributed by atoms with Gasteiger partial charge in [0, 0.05) is 24.7 Å². The molecule has 1 aliphatic carbocycles. The number of benzene rings is 1. The molecule has 0 amide bonds. The Kier molecular flexibility index (Phi) is 6.33. The number of allylic oxidation sites excluding steroid dienone is 2. The summed E-state index contributed by atoms with van der Waals surface area (Å²) < 4.78 is 38.3. The number of hydrogen-bond acceptors (Lipinski definition) is 8. The van der Waals surface area contributed by atoms with Crippen LogP contribution in [0.3, 0.4) is 0 Å². The van der Waals surface area contributed by atoms with Crippen LogP contribution in [-0.2, 0) is 19.5 Å². The molecule has 0 atom stereocenters. The van der Waals surface area contributed by atoms with E-state index < -0.39 is 10.0 Å². The van der Waals surface area contributed by atoms with Gasteiger partial charge in [0.2, 0.25) is 10.0 Å². The van der Waals surface area contributed by atoms with E-state index in [0.29, 0.717) is 31.6 Å². The van der Waals surface area contributed by atoms with Gasteiger partial charge in [0.1, 0.15) is 17.9 Å². The first-order valence-corrected chi connectivity index (χ1v) is 11.9. The molecule has 3 N–H and O–H groups in total. The van der Waals surface area contributed by atoms with Gasteiger partial charge in [-0.3, -0.25) is 4.72 Å². The van der Waals surface area contributed by atoms with Gasteiger partial charge in [0.15, 0.2) is 0 Å². The lowest BCUT2D eigenvalue weighted by molar-refractivity contribution is 0.122. The summed E-state index contributed by atoms with van der Waals surface area (Å²) in [6.45, 7) is 6.60. The van der Waals surface area contributed by atoms with Crippen molar-refractivity contribution in [1.29, 1.82) is 0 Å². The third-order valence-corrected chi connectivity index (χ3v) is 7.35. The molecule has 2 aromatic rings. The van der Waals surface area contributed by atoms with Gasteiger partial charge in [0.05, 0.1) is 36.8 Å². The number of ether oxygens (including phenoxy) is 2. The molecule has 9 nitrogen and oxygen atoms in total. The van der Waals surface area contributed by atoms with Crippen molar-refractivity contribution >= 4 is 32.3 Å². The topological polar surface area (TPSA) is 120 Å².